The molecule has 0 aliphatic rings. The summed E-state index contributed by atoms with van der Waals surface area (Å²) in [7, 11) is -3.15. The maximum Gasteiger partial charge on any atom is 0.323 e. The quantitative estimate of drug-likeness (QED) is 0.337. The van der Waals surface area contributed by atoms with Crippen LogP contribution in [-0.2, 0) is 18.6 Å². The van der Waals surface area contributed by atoms with E-state index in [2.05, 4.69) is 5.09 Å². The summed E-state index contributed by atoms with van der Waals surface area (Å²) < 4.78 is 22.9. The normalized spacial score (nSPS) is 15.8. The molecule has 6 heteroatoms. The molecule has 0 rings (SSSR count). The third-order valence-corrected chi connectivity index (χ3v) is 3.62. The number of carbonyl (C=O) groups is 1. The van der Waals surface area contributed by atoms with E-state index in [1.54, 1.807) is 32.9 Å². The Morgan fingerprint density at radius 3 is 2.20 bits per heavy atom. The second-order valence-corrected chi connectivity index (χ2v) is 7.27. The van der Waals surface area contributed by atoms with Gasteiger partial charge in [-0.25, -0.2) is 5.09 Å². The Kier molecular flexibility index (Phi) is 7.84. The minimum atomic E-state index is -3.15. The van der Waals surface area contributed by atoms with Gasteiger partial charge in [0.15, 0.2) is 0 Å². The van der Waals surface area contributed by atoms with Crippen molar-refractivity contribution in [3.05, 3.63) is 23.5 Å². The number of ether oxygens (including phenoxy) is 1. The van der Waals surface area contributed by atoms with E-state index in [0.717, 1.165) is 5.57 Å². The van der Waals surface area contributed by atoms with E-state index in [9.17, 15) is 9.36 Å². The summed E-state index contributed by atoms with van der Waals surface area (Å²) in [6.07, 6.45) is 3.34. The van der Waals surface area contributed by atoms with Crippen LogP contribution in [0.2, 0.25) is 0 Å². The topological polar surface area (TPSA) is 64.6 Å². The van der Waals surface area contributed by atoms with E-state index < -0.39 is 19.5 Å². The molecule has 0 fully saturated rings. The number of allylic oxidation sites excluding steroid dienone is 3. The third kappa shape index (κ3) is 7.51. The first-order valence-electron chi connectivity index (χ1n) is 6.64. The summed E-state index contributed by atoms with van der Waals surface area (Å²) in [5, 5.41) is 2.70. The van der Waals surface area contributed by atoms with Gasteiger partial charge in [-0.1, -0.05) is 6.08 Å². The van der Waals surface area contributed by atoms with Crippen molar-refractivity contribution in [1.29, 1.82) is 0 Å². The third-order valence-electron chi connectivity index (χ3n) is 2.22. The molecule has 5 nitrogen and oxygen atoms in total. The molecule has 0 aromatic carbocycles. The smallest absolute Gasteiger partial charge is 0.323 e. The highest BCUT2D eigenvalue weighted by Gasteiger charge is 2.26. The van der Waals surface area contributed by atoms with Crippen LogP contribution in [0.5, 0.6) is 0 Å². The highest BCUT2D eigenvalue weighted by molar-refractivity contribution is 7.56. The predicted molar refractivity (Wildman–Crippen MR) is 81.6 cm³/mol. The molecule has 0 aliphatic carbocycles. The monoisotopic (exact) mass is 303 g/mol. The summed E-state index contributed by atoms with van der Waals surface area (Å²) >= 11 is 0. The maximum absolute atomic E-state index is 12.4. The van der Waals surface area contributed by atoms with E-state index in [0.29, 0.717) is 5.76 Å². The Morgan fingerprint density at radius 2 is 1.80 bits per heavy atom. The Balaban J connectivity index is 4.79. The van der Waals surface area contributed by atoms with Gasteiger partial charge < -0.3 is 9.26 Å². The van der Waals surface area contributed by atoms with Crippen LogP contribution in [-0.4, -0.2) is 24.8 Å². The number of esters is 1. The van der Waals surface area contributed by atoms with Gasteiger partial charge >= 0.3 is 13.5 Å². The highest BCUT2D eigenvalue weighted by atomic mass is 31.2. The molecular weight excluding hydrogens is 277 g/mol. The van der Waals surface area contributed by atoms with Crippen molar-refractivity contribution >= 4 is 13.5 Å². The minimum Gasteiger partial charge on any atom is -0.462 e. The highest BCUT2D eigenvalue weighted by Crippen LogP contribution is 2.42. The van der Waals surface area contributed by atoms with Crippen LogP contribution >= 0.6 is 7.52 Å². The van der Waals surface area contributed by atoms with Crippen molar-refractivity contribution in [3.63, 3.8) is 0 Å². The van der Waals surface area contributed by atoms with E-state index in [-0.39, 0.29) is 6.10 Å². The summed E-state index contributed by atoms with van der Waals surface area (Å²) in [6, 6.07) is -0.697. The summed E-state index contributed by atoms with van der Waals surface area (Å²) in [6.45, 7) is 12.2. The van der Waals surface area contributed by atoms with E-state index in [1.807, 2.05) is 20.8 Å². The molecule has 0 heterocycles. The zero-order chi connectivity index (χ0) is 15.9. The minimum absolute atomic E-state index is 0.208. The molecule has 0 amide bonds. The van der Waals surface area contributed by atoms with Gasteiger partial charge in [0.1, 0.15) is 11.8 Å². The number of hydrogen-bond donors (Lipinski definition) is 1. The molecule has 0 spiro atoms. The lowest BCUT2D eigenvalue weighted by Gasteiger charge is -2.22. The standard InChI is InChI=1S/C14H26NO4P/c1-8-9-13(10(2)3)19-20(7,17)15-12(6)14(16)18-11(4)5/h8-9,11-12H,1-7H3,(H,15,17)/b9-8-/t12-,20?/m0/s1. The van der Waals surface area contributed by atoms with Gasteiger partial charge in [-0.3, -0.25) is 9.36 Å². The molecule has 0 aromatic rings. The van der Waals surface area contributed by atoms with Crippen LogP contribution in [0.25, 0.3) is 0 Å². The average molecular weight is 303 g/mol. The van der Waals surface area contributed by atoms with Gasteiger partial charge in [0.25, 0.3) is 0 Å². The fourth-order valence-electron chi connectivity index (χ4n) is 1.39. The zero-order valence-corrected chi connectivity index (χ0v) is 14.3. The molecule has 1 N–H and O–H groups in total. The van der Waals surface area contributed by atoms with E-state index in [4.69, 9.17) is 9.26 Å². The van der Waals surface area contributed by atoms with Gasteiger partial charge in [0, 0.05) is 6.66 Å². The van der Waals surface area contributed by atoms with Crippen molar-refractivity contribution in [2.75, 3.05) is 6.66 Å². The van der Waals surface area contributed by atoms with Crippen LogP contribution in [0.1, 0.15) is 41.5 Å². The first kappa shape index (κ1) is 18.9. The first-order chi connectivity index (χ1) is 9.09. The lowest BCUT2D eigenvalue weighted by molar-refractivity contribution is -0.149. The Morgan fingerprint density at radius 1 is 1.25 bits per heavy atom. The van der Waals surface area contributed by atoms with E-state index in [1.165, 1.54) is 6.66 Å². The number of carbonyl (C=O) groups excluding carboxylic acids is 1. The lowest BCUT2D eigenvalue weighted by atomic mass is 10.3. The molecule has 0 saturated carbocycles. The summed E-state index contributed by atoms with van der Waals surface area (Å²) in [5.41, 5.74) is 0.907. The van der Waals surface area contributed by atoms with Crippen LogP contribution in [0.3, 0.4) is 0 Å². The molecule has 1 unspecified atom stereocenters. The van der Waals surface area contributed by atoms with Gasteiger partial charge in [-0.2, -0.15) is 0 Å². The molecule has 20 heavy (non-hydrogen) atoms. The Bertz CT molecular complexity index is 436. The number of rotatable bonds is 7. The Labute approximate surface area is 121 Å². The van der Waals surface area contributed by atoms with Crippen molar-refractivity contribution in [2.24, 2.45) is 0 Å². The number of nitrogens with one attached hydrogen (secondary N) is 1. The van der Waals surface area contributed by atoms with Crippen molar-refractivity contribution in [1.82, 2.24) is 5.09 Å². The number of hydrogen-bond acceptors (Lipinski definition) is 4. The molecule has 0 bridgehead atoms. The molecule has 2 atom stereocenters. The van der Waals surface area contributed by atoms with Gasteiger partial charge in [-0.05, 0) is 53.2 Å². The van der Waals surface area contributed by atoms with Gasteiger partial charge in [-0.15, -0.1) is 0 Å². The molecule has 116 valence electrons. The van der Waals surface area contributed by atoms with Crippen LogP contribution < -0.4 is 5.09 Å². The first-order valence-corrected chi connectivity index (χ1v) is 8.71. The predicted octanol–water partition coefficient (Wildman–Crippen LogP) is 3.63. The molecule has 0 aromatic heterocycles. The molecular formula is C14H26NO4P. The lowest BCUT2D eigenvalue weighted by Crippen LogP contribution is -2.34. The second-order valence-electron chi connectivity index (χ2n) is 5.14. The summed E-state index contributed by atoms with van der Waals surface area (Å²) in [4.78, 5) is 11.7. The van der Waals surface area contributed by atoms with Gasteiger partial charge in [0.05, 0.1) is 6.10 Å². The largest absolute Gasteiger partial charge is 0.462 e. The SMILES string of the molecule is C/C=C\C(OP(C)(=O)N[C@@H](C)C(=O)OC(C)C)=C(C)C. The fraction of sp³-hybridized carbons (Fsp3) is 0.643. The van der Waals surface area contributed by atoms with Gasteiger partial charge in [0.2, 0.25) is 0 Å². The average Bonchev–Trinajstić information content (AvgIpc) is 2.26. The van der Waals surface area contributed by atoms with Crippen LogP contribution in [0.4, 0.5) is 0 Å². The maximum atomic E-state index is 12.4. The van der Waals surface area contributed by atoms with Crippen molar-refractivity contribution in [2.45, 2.75) is 53.7 Å². The zero-order valence-electron chi connectivity index (χ0n) is 13.4. The van der Waals surface area contributed by atoms with Crippen LogP contribution in [0.15, 0.2) is 23.5 Å². The Hall–Kier alpha value is -1.06. The van der Waals surface area contributed by atoms with E-state index >= 15 is 0 Å². The molecule has 0 radical (unpaired) electrons. The summed E-state index contributed by atoms with van der Waals surface area (Å²) in [5.74, 6) is 0.0886. The molecule has 0 saturated heterocycles. The van der Waals surface area contributed by atoms with Crippen molar-refractivity contribution in [3.8, 4) is 0 Å². The second kappa shape index (κ2) is 8.28. The fourth-order valence-corrected chi connectivity index (χ4v) is 2.87. The molecule has 0 aliphatic heterocycles. The van der Waals surface area contributed by atoms with Crippen molar-refractivity contribution < 1.29 is 18.6 Å². The van der Waals surface area contributed by atoms with Crippen LogP contribution in [0, 0.1) is 0 Å².